The summed E-state index contributed by atoms with van der Waals surface area (Å²) in [5, 5.41) is 0. The van der Waals surface area contributed by atoms with Gasteiger partial charge in [0.15, 0.2) is 0 Å². The van der Waals surface area contributed by atoms with Crippen molar-refractivity contribution in [1.29, 1.82) is 0 Å². The SMILES string of the molecule is CC1CCCN(C(=O)c2ccccc2F)C1CN.Cl. The minimum absolute atomic E-state index is 0. The average Bonchev–Trinajstić information content (AvgIpc) is 2.38. The molecule has 3 nitrogen and oxygen atoms in total. The molecule has 2 N–H and O–H groups in total. The molecule has 0 spiro atoms. The van der Waals surface area contributed by atoms with Crippen LogP contribution in [0.5, 0.6) is 0 Å². The van der Waals surface area contributed by atoms with Crippen LogP contribution in [0, 0.1) is 11.7 Å². The molecule has 1 amide bonds. The van der Waals surface area contributed by atoms with E-state index in [-0.39, 0.29) is 29.9 Å². The number of hydrogen-bond donors (Lipinski definition) is 1. The van der Waals surface area contributed by atoms with Gasteiger partial charge in [0.1, 0.15) is 5.82 Å². The molecule has 0 saturated carbocycles. The Morgan fingerprint density at radius 1 is 1.47 bits per heavy atom. The summed E-state index contributed by atoms with van der Waals surface area (Å²) in [4.78, 5) is 14.1. The summed E-state index contributed by atoms with van der Waals surface area (Å²) < 4.78 is 13.6. The highest BCUT2D eigenvalue weighted by atomic mass is 35.5. The van der Waals surface area contributed by atoms with Gasteiger partial charge in [0.05, 0.1) is 5.56 Å². The van der Waals surface area contributed by atoms with Crippen LogP contribution in [0.15, 0.2) is 24.3 Å². The summed E-state index contributed by atoms with van der Waals surface area (Å²) in [6, 6.07) is 6.14. The van der Waals surface area contributed by atoms with Gasteiger partial charge in [-0.1, -0.05) is 19.1 Å². The van der Waals surface area contributed by atoms with Crippen molar-refractivity contribution < 1.29 is 9.18 Å². The van der Waals surface area contributed by atoms with Crippen molar-refractivity contribution in [1.82, 2.24) is 4.90 Å². The van der Waals surface area contributed by atoms with E-state index in [1.54, 1.807) is 17.0 Å². The molecule has 1 aromatic carbocycles. The maximum atomic E-state index is 13.6. The normalized spacial score (nSPS) is 22.8. The van der Waals surface area contributed by atoms with Crippen LogP contribution in [-0.2, 0) is 0 Å². The molecule has 0 bridgehead atoms. The van der Waals surface area contributed by atoms with Crippen molar-refractivity contribution in [2.75, 3.05) is 13.1 Å². The second-order valence-electron chi connectivity index (χ2n) is 4.90. The number of rotatable bonds is 2. The first kappa shape index (κ1) is 15.9. The third-order valence-corrected chi connectivity index (χ3v) is 3.72. The predicted molar refractivity (Wildman–Crippen MR) is 75.9 cm³/mol. The third-order valence-electron chi connectivity index (χ3n) is 3.72. The number of halogens is 2. The number of nitrogens with two attached hydrogens (primary N) is 1. The van der Waals surface area contributed by atoms with Crippen LogP contribution in [0.1, 0.15) is 30.1 Å². The summed E-state index contributed by atoms with van der Waals surface area (Å²) in [7, 11) is 0. The predicted octanol–water partition coefficient (Wildman–Crippen LogP) is 2.45. The lowest BCUT2D eigenvalue weighted by atomic mass is 9.90. The highest BCUT2D eigenvalue weighted by molar-refractivity contribution is 5.94. The van der Waals surface area contributed by atoms with Crippen LogP contribution >= 0.6 is 12.4 Å². The zero-order chi connectivity index (χ0) is 13.1. The van der Waals surface area contributed by atoms with Crippen molar-refractivity contribution in [2.45, 2.75) is 25.8 Å². The van der Waals surface area contributed by atoms with Crippen LogP contribution in [0.25, 0.3) is 0 Å². The van der Waals surface area contributed by atoms with E-state index in [9.17, 15) is 9.18 Å². The van der Waals surface area contributed by atoms with Crippen molar-refractivity contribution in [3.63, 3.8) is 0 Å². The summed E-state index contributed by atoms with van der Waals surface area (Å²) in [5.74, 6) is -0.328. The zero-order valence-electron chi connectivity index (χ0n) is 11.0. The van der Waals surface area contributed by atoms with Crippen molar-refractivity contribution in [2.24, 2.45) is 11.7 Å². The second kappa shape index (κ2) is 6.87. The molecule has 0 aliphatic carbocycles. The molecule has 2 rings (SSSR count). The van der Waals surface area contributed by atoms with E-state index in [1.165, 1.54) is 12.1 Å². The lowest BCUT2D eigenvalue weighted by molar-refractivity contribution is 0.0528. The highest BCUT2D eigenvalue weighted by Gasteiger charge is 2.32. The van der Waals surface area contributed by atoms with E-state index in [4.69, 9.17) is 5.73 Å². The summed E-state index contributed by atoms with van der Waals surface area (Å²) in [6.07, 6.45) is 2.03. The van der Waals surface area contributed by atoms with Gasteiger partial charge in [-0.05, 0) is 30.9 Å². The molecule has 2 unspecified atom stereocenters. The van der Waals surface area contributed by atoms with Gasteiger partial charge in [0.2, 0.25) is 0 Å². The molecule has 1 heterocycles. The van der Waals surface area contributed by atoms with Crippen LogP contribution in [0.2, 0.25) is 0 Å². The molecule has 1 aliphatic rings. The van der Waals surface area contributed by atoms with E-state index in [0.717, 1.165) is 12.8 Å². The number of nitrogens with zero attached hydrogens (tertiary/aromatic N) is 1. The Bertz CT molecular complexity index is 441. The fourth-order valence-electron chi connectivity index (χ4n) is 2.65. The number of hydrogen-bond acceptors (Lipinski definition) is 2. The molecule has 1 aromatic rings. The first-order valence-corrected chi connectivity index (χ1v) is 6.40. The highest BCUT2D eigenvalue weighted by Crippen LogP contribution is 2.24. The van der Waals surface area contributed by atoms with Crippen molar-refractivity contribution in [3.8, 4) is 0 Å². The molecule has 106 valence electrons. The maximum Gasteiger partial charge on any atom is 0.257 e. The zero-order valence-corrected chi connectivity index (χ0v) is 11.8. The Morgan fingerprint density at radius 3 is 2.79 bits per heavy atom. The van der Waals surface area contributed by atoms with Gasteiger partial charge >= 0.3 is 0 Å². The van der Waals surface area contributed by atoms with Crippen LogP contribution in [-0.4, -0.2) is 29.9 Å². The van der Waals surface area contributed by atoms with E-state index in [0.29, 0.717) is 19.0 Å². The topological polar surface area (TPSA) is 46.3 Å². The first-order chi connectivity index (χ1) is 8.65. The fraction of sp³-hybridized carbons (Fsp3) is 0.500. The number of amides is 1. The lowest BCUT2D eigenvalue weighted by Gasteiger charge is -2.39. The number of carbonyl (C=O) groups is 1. The van der Waals surface area contributed by atoms with Crippen LogP contribution in [0.4, 0.5) is 4.39 Å². The molecule has 1 aliphatic heterocycles. The minimum atomic E-state index is -0.462. The minimum Gasteiger partial charge on any atom is -0.334 e. The number of carbonyl (C=O) groups excluding carboxylic acids is 1. The van der Waals surface area contributed by atoms with E-state index in [1.807, 2.05) is 0 Å². The Balaban J connectivity index is 0.00000180. The lowest BCUT2D eigenvalue weighted by Crippen LogP contribution is -2.51. The molecule has 5 heteroatoms. The van der Waals surface area contributed by atoms with Gasteiger partial charge in [0.25, 0.3) is 5.91 Å². The monoisotopic (exact) mass is 286 g/mol. The summed E-state index contributed by atoms with van der Waals surface area (Å²) in [6.45, 7) is 3.19. The van der Waals surface area contributed by atoms with Gasteiger partial charge in [-0.3, -0.25) is 4.79 Å². The van der Waals surface area contributed by atoms with Gasteiger partial charge in [-0.25, -0.2) is 4.39 Å². The standard InChI is InChI=1S/C14H19FN2O.ClH/c1-10-5-4-8-17(13(10)9-16)14(18)11-6-2-3-7-12(11)15;/h2-3,6-7,10,13H,4-5,8-9,16H2,1H3;1H. The molecule has 1 fully saturated rings. The van der Waals surface area contributed by atoms with Gasteiger partial charge < -0.3 is 10.6 Å². The van der Waals surface area contributed by atoms with Crippen molar-refractivity contribution >= 4 is 18.3 Å². The summed E-state index contributed by atoms with van der Waals surface area (Å²) in [5.41, 5.74) is 5.89. The van der Waals surface area contributed by atoms with Gasteiger partial charge in [-0.15, -0.1) is 12.4 Å². The molecule has 1 saturated heterocycles. The van der Waals surface area contributed by atoms with Gasteiger partial charge in [0, 0.05) is 19.1 Å². The Labute approximate surface area is 119 Å². The maximum absolute atomic E-state index is 13.6. The first-order valence-electron chi connectivity index (χ1n) is 6.40. The van der Waals surface area contributed by atoms with Gasteiger partial charge in [-0.2, -0.15) is 0 Å². The molecule has 0 radical (unpaired) electrons. The molecular weight excluding hydrogens is 267 g/mol. The molecule has 0 aromatic heterocycles. The fourth-order valence-corrected chi connectivity index (χ4v) is 2.65. The van der Waals surface area contributed by atoms with E-state index >= 15 is 0 Å². The smallest absolute Gasteiger partial charge is 0.257 e. The largest absolute Gasteiger partial charge is 0.334 e. The summed E-state index contributed by atoms with van der Waals surface area (Å²) >= 11 is 0. The Kier molecular flexibility index (Phi) is 5.76. The van der Waals surface area contributed by atoms with Crippen molar-refractivity contribution in [3.05, 3.63) is 35.6 Å². The van der Waals surface area contributed by atoms with E-state index in [2.05, 4.69) is 6.92 Å². The number of piperidine rings is 1. The Morgan fingerprint density at radius 2 is 2.16 bits per heavy atom. The Hall–Kier alpha value is -1.13. The molecular formula is C14H20ClFN2O. The van der Waals surface area contributed by atoms with Crippen LogP contribution in [0.3, 0.4) is 0 Å². The molecule has 2 atom stereocenters. The second-order valence-corrected chi connectivity index (χ2v) is 4.90. The number of benzene rings is 1. The van der Waals surface area contributed by atoms with E-state index < -0.39 is 5.82 Å². The third kappa shape index (κ3) is 3.25. The quantitative estimate of drug-likeness (QED) is 0.908. The average molecular weight is 287 g/mol. The van der Waals surface area contributed by atoms with Crippen LogP contribution < -0.4 is 5.73 Å². The number of likely N-dealkylation sites (tertiary alicyclic amines) is 1. The molecule has 19 heavy (non-hydrogen) atoms.